The van der Waals surface area contributed by atoms with E-state index in [0.717, 1.165) is 11.4 Å². The molecule has 0 amide bonds. The number of aromatic nitrogens is 1. The molecule has 1 aromatic rings. The number of rotatable bonds is 3. The van der Waals surface area contributed by atoms with E-state index in [1.165, 1.54) is 25.0 Å². The van der Waals surface area contributed by atoms with Gasteiger partial charge in [-0.25, -0.2) is 0 Å². The Kier molecular flexibility index (Phi) is 4.07. The third kappa shape index (κ3) is 2.50. The summed E-state index contributed by atoms with van der Waals surface area (Å²) in [6, 6.07) is 3.79. The molecule has 1 aliphatic rings. The van der Waals surface area contributed by atoms with Crippen LogP contribution in [0.15, 0.2) is 18.3 Å². The zero-order valence-corrected chi connectivity index (χ0v) is 10.4. The highest BCUT2D eigenvalue weighted by Crippen LogP contribution is 2.35. The molecule has 3 nitrogen and oxygen atoms in total. The SMILES string of the molecule is COc1cccnc1C(N)C1CCCCS1. The Balaban J connectivity index is 2.15. The maximum absolute atomic E-state index is 6.28. The van der Waals surface area contributed by atoms with E-state index in [4.69, 9.17) is 10.5 Å². The zero-order chi connectivity index (χ0) is 11.4. The highest BCUT2D eigenvalue weighted by molar-refractivity contribution is 8.00. The summed E-state index contributed by atoms with van der Waals surface area (Å²) in [5, 5.41) is 0.484. The van der Waals surface area contributed by atoms with Gasteiger partial charge in [0, 0.05) is 11.4 Å². The van der Waals surface area contributed by atoms with Crippen LogP contribution in [-0.2, 0) is 0 Å². The van der Waals surface area contributed by atoms with Crippen LogP contribution in [0.3, 0.4) is 0 Å². The molecule has 1 aromatic heterocycles. The van der Waals surface area contributed by atoms with Gasteiger partial charge in [0.1, 0.15) is 11.4 Å². The van der Waals surface area contributed by atoms with E-state index in [2.05, 4.69) is 4.98 Å². The van der Waals surface area contributed by atoms with Crippen LogP contribution in [0, 0.1) is 0 Å². The first-order valence-electron chi connectivity index (χ1n) is 5.69. The quantitative estimate of drug-likeness (QED) is 0.878. The monoisotopic (exact) mass is 238 g/mol. The van der Waals surface area contributed by atoms with E-state index < -0.39 is 0 Å². The van der Waals surface area contributed by atoms with E-state index in [1.807, 2.05) is 23.9 Å². The first kappa shape index (κ1) is 11.7. The van der Waals surface area contributed by atoms with Crippen LogP contribution >= 0.6 is 11.8 Å². The number of nitrogens with zero attached hydrogens (tertiary/aromatic N) is 1. The van der Waals surface area contributed by atoms with Gasteiger partial charge in [-0.05, 0) is 30.7 Å². The molecule has 4 heteroatoms. The summed E-state index contributed by atoms with van der Waals surface area (Å²) in [6.45, 7) is 0. The molecule has 0 aliphatic carbocycles. The summed E-state index contributed by atoms with van der Waals surface area (Å²) in [5.74, 6) is 2.02. The van der Waals surface area contributed by atoms with E-state index >= 15 is 0 Å². The van der Waals surface area contributed by atoms with Gasteiger partial charge in [0.25, 0.3) is 0 Å². The van der Waals surface area contributed by atoms with Gasteiger partial charge in [-0.2, -0.15) is 11.8 Å². The van der Waals surface area contributed by atoms with Crippen LogP contribution < -0.4 is 10.5 Å². The molecule has 16 heavy (non-hydrogen) atoms. The number of pyridine rings is 1. The second-order valence-corrected chi connectivity index (χ2v) is 5.37. The van der Waals surface area contributed by atoms with Gasteiger partial charge in [0.15, 0.2) is 0 Å². The molecule has 1 fully saturated rings. The second kappa shape index (κ2) is 5.55. The average molecular weight is 238 g/mol. The van der Waals surface area contributed by atoms with Crippen LogP contribution in [0.5, 0.6) is 5.75 Å². The lowest BCUT2D eigenvalue weighted by molar-refractivity contribution is 0.399. The van der Waals surface area contributed by atoms with Crippen molar-refractivity contribution in [1.82, 2.24) is 4.98 Å². The van der Waals surface area contributed by atoms with Crippen LogP contribution in [0.25, 0.3) is 0 Å². The fraction of sp³-hybridized carbons (Fsp3) is 0.583. The fourth-order valence-electron chi connectivity index (χ4n) is 2.05. The summed E-state index contributed by atoms with van der Waals surface area (Å²) in [4.78, 5) is 4.36. The third-order valence-electron chi connectivity index (χ3n) is 2.95. The first-order chi connectivity index (χ1) is 7.83. The molecule has 2 N–H and O–H groups in total. The van der Waals surface area contributed by atoms with Crippen LogP contribution in [0.1, 0.15) is 31.0 Å². The number of thioether (sulfide) groups is 1. The number of hydrogen-bond donors (Lipinski definition) is 1. The zero-order valence-electron chi connectivity index (χ0n) is 9.56. The molecule has 2 unspecified atom stereocenters. The van der Waals surface area contributed by atoms with Crippen LogP contribution in [0.2, 0.25) is 0 Å². The molecule has 1 aliphatic heterocycles. The average Bonchev–Trinajstić information content (AvgIpc) is 2.39. The normalized spacial score (nSPS) is 22.8. The summed E-state index contributed by atoms with van der Waals surface area (Å²) >= 11 is 1.96. The number of methoxy groups -OCH3 is 1. The molecule has 88 valence electrons. The summed E-state index contributed by atoms with van der Waals surface area (Å²) in [7, 11) is 1.67. The fourth-order valence-corrected chi connectivity index (χ4v) is 3.39. The van der Waals surface area contributed by atoms with Gasteiger partial charge in [0.2, 0.25) is 0 Å². The third-order valence-corrected chi connectivity index (χ3v) is 4.43. The maximum atomic E-state index is 6.28. The highest BCUT2D eigenvalue weighted by atomic mass is 32.2. The van der Waals surface area contributed by atoms with Crippen molar-refractivity contribution >= 4 is 11.8 Å². The van der Waals surface area contributed by atoms with E-state index in [-0.39, 0.29) is 6.04 Å². The van der Waals surface area contributed by atoms with Crippen molar-refractivity contribution < 1.29 is 4.74 Å². The van der Waals surface area contributed by atoms with E-state index in [1.54, 1.807) is 13.3 Å². The van der Waals surface area contributed by atoms with Crippen molar-refractivity contribution in [2.75, 3.05) is 12.9 Å². The molecule has 2 atom stereocenters. The van der Waals surface area contributed by atoms with E-state index in [9.17, 15) is 0 Å². The Morgan fingerprint density at radius 1 is 1.56 bits per heavy atom. The maximum Gasteiger partial charge on any atom is 0.142 e. The minimum atomic E-state index is -0.0125. The van der Waals surface area contributed by atoms with Crippen molar-refractivity contribution in [1.29, 1.82) is 0 Å². The number of nitrogens with two attached hydrogens (primary N) is 1. The Morgan fingerprint density at radius 3 is 3.12 bits per heavy atom. The van der Waals surface area contributed by atoms with Crippen molar-refractivity contribution in [2.45, 2.75) is 30.6 Å². The molecule has 1 saturated heterocycles. The van der Waals surface area contributed by atoms with Crippen molar-refractivity contribution in [2.24, 2.45) is 5.73 Å². The predicted octanol–water partition coefficient (Wildman–Crippen LogP) is 2.38. The predicted molar refractivity (Wildman–Crippen MR) is 67.8 cm³/mol. The first-order valence-corrected chi connectivity index (χ1v) is 6.74. The van der Waals surface area contributed by atoms with Gasteiger partial charge in [-0.15, -0.1) is 0 Å². The molecule has 0 spiro atoms. The smallest absolute Gasteiger partial charge is 0.142 e. The Labute approximate surface area is 101 Å². The van der Waals surface area contributed by atoms with Gasteiger partial charge in [-0.3, -0.25) is 4.98 Å². The van der Waals surface area contributed by atoms with E-state index in [0.29, 0.717) is 5.25 Å². The Hall–Kier alpha value is -0.740. The molecule has 0 bridgehead atoms. The minimum absolute atomic E-state index is 0.0125. The Bertz CT molecular complexity index is 340. The minimum Gasteiger partial charge on any atom is -0.495 e. The highest BCUT2D eigenvalue weighted by Gasteiger charge is 2.25. The summed E-state index contributed by atoms with van der Waals surface area (Å²) in [5.41, 5.74) is 7.18. The Morgan fingerprint density at radius 2 is 2.44 bits per heavy atom. The standard InChI is InChI=1S/C12H18N2OS/c1-15-9-5-4-7-14-12(9)11(13)10-6-2-3-8-16-10/h4-5,7,10-11H,2-3,6,8,13H2,1H3. The second-order valence-electron chi connectivity index (χ2n) is 4.02. The number of ether oxygens (including phenoxy) is 1. The largest absolute Gasteiger partial charge is 0.495 e. The summed E-state index contributed by atoms with van der Waals surface area (Å²) in [6.07, 6.45) is 5.56. The molecule has 0 saturated carbocycles. The van der Waals surface area contributed by atoms with Gasteiger partial charge in [-0.1, -0.05) is 6.42 Å². The topological polar surface area (TPSA) is 48.1 Å². The lowest BCUT2D eigenvalue weighted by Crippen LogP contribution is -2.27. The molecular formula is C12H18N2OS. The lowest BCUT2D eigenvalue weighted by Gasteiger charge is -2.27. The van der Waals surface area contributed by atoms with Crippen LogP contribution in [-0.4, -0.2) is 23.1 Å². The lowest BCUT2D eigenvalue weighted by atomic mass is 10.0. The van der Waals surface area contributed by atoms with Crippen molar-refractivity contribution in [3.63, 3.8) is 0 Å². The van der Waals surface area contributed by atoms with Gasteiger partial charge < -0.3 is 10.5 Å². The number of hydrogen-bond acceptors (Lipinski definition) is 4. The van der Waals surface area contributed by atoms with Crippen molar-refractivity contribution in [3.8, 4) is 5.75 Å². The molecule has 0 radical (unpaired) electrons. The van der Waals surface area contributed by atoms with Gasteiger partial charge >= 0.3 is 0 Å². The molecule has 2 heterocycles. The van der Waals surface area contributed by atoms with Crippen molar-refractivity contribution in [3.05, 3.63) is 24.0 Å². The molecular weight excluding hydrogens is 220 g/mol. The molecule has 2 rings (SSSR count). The van der Waals surface area contributed by atoms with Gasteiger partial charge in [0.05, 0.1) is 13.2 Å². The van der Waals surface area contributed by atoms with Crippen LogP contribution in [0.4, 0.5) is 0 Å². The molecule has 0 aromatic carbocycles. The summed E-state index contributed by atoms with van der Waals surface area (Å²) < 4.78 is 5.31.